The maximum atomic E-state index is 13.1. The van der Waals surface area contributed by atoms with Crippen LogP contribution in [0.2, 0.25) is 0 Å². The molecule has 0 spiro atoms. The largest absolute Gasteiger partial charge is 0.383 e. The fourth-order valence-corrected chi connectivity index (χ4v) is 4.44. The summed E-state index contributed by atoms with van der Waals surface area (Å²) in [6, 6.07) is 12.0. The van der Waals surface area contributed by atoms with Gasteiger partial charge >= 0.3 is 10.1 Å². The highest BCUT2D eigenvalue weighted by molar-refractivity contribution is 7.89. The highest BCUT2D eigenvalue weighted by Gasteiger charge is 2.24. The van der Waals surface area contributed by atoms with Crippen molar-refractivity contribution >= 4 is 31.7 Å². The number of rotatable bonds is 10. The van der Waals surface area contributed by atoms with Crippen LogP contribution in [0.1, 0.15) is 12.5 Å². The first-order valence-corrected chi connectivity index (χ1v) is 12.1. The van der Waals surface area contributed by atoms with Gasteiger partial charge in [-0.2, -0.15) is 12.7 Å². The number of amides is 1. The minimum absolute atomic E-state index is 0.0539. The smallest absolute Gasteiger partial charge is 0.306 e. The Kier molecular flexibility index (Phi) is 7.96. The van der Waals surface area contributed by atoms with Crippen molar-refractivity contribution in [2.24, 2.45) is 0 Å². The van der Waals surface area contributed by atoms with Crippen molar-refractivity contribution in [1.29, 1.82) is 0 Å². The van der Waals surface area contributed by atoms with Crippen molar-refractivity contribution in [3.05, 3.63) is 54.1 Å². The van der Waals surface area contributed by atoms with Crippen molar-refractivity contribution in [3.63, 3.8) is 0 Å². The van der Waals surface area contributed by atoms with Gasteiger partial charge in [-0.15, -0.1) is 0 Å². The van der Waals surface area contributed by atoms with E-state index in [4.69, 9.17) is 8.92 Å². The van der Waals surface area contributed by atoms with Gasteiger partial charge in [0.25, 0.3) is 0 Å². The highest BCUT2D eigenvalue weighted by atomic mass is 32.2. The lowest BCUT2D eigenvalue weighted by molar-refractivity contribution is -0.114. The summed E-state index contributed by atoms with van der Waals surface area (Å²) in [6.45, 7) is 1.73. The maximum absolute atomic E-state index is 13.1. The Morgan fingerprint density at radius 3 is 2.10 bits per heavy atom. The Balaban J connectivity index is 2.24. The van der Waals surface area contributed by atoms with E-state index in [-0.39, 0.29) is 36.2 Å². The molecule has 0 saturated heterocycles. The summed E-state index contributed by atoms with van der Waals surface area (Å²) in [5.74, 6) is -0.114. The Morgan fingerprint density at radius 2 is 1.60 bits per heavy atom. The molecular weight excluding hydrogens is 432 g/mol. The van der Waals surface area contributed by atoms with Gasteiger partial charge in [-0.3, -0.25) is 4.79 Å². The third-order valence-electron chi connectivity index (χ3n) is 3.89. The molecule has 30 heavy (non-hydrogen) atoms. The first kappa shape index (κ1) is 23.8. The lowest BCUT2D eigenvalue weighted by atomic mass is 10.2. The van der Waals surface area contributed by atoms with Crippen LogP contribution in [0, 0.1) is 0 Å². The van der Waals surface area contributed by atoms with Crippen molar-refractivity contribution in [2.75, 3.05) is 31.8 Å². The van der Waals surface area contributed by atoms with Crippen LogP contribution in [0.4, 0.5) is 5.69 Å². The number of methoxy groups -OCH3 is 1. The van der Waals surface area contributed by atoms with Gasteiger partial charge in [-0.25, -0.2) is 8.42 Å². The third-order valence-corrected chi connectivity index (χ3v) is 6.24. The van der Waals surface area contributed by atoms with Crippen LogP contribution >= 0.6 is 0 Å². The predicted molar refractivity (Wildman–Crippen MR) is 112 cm³/mol. The second kappa shape index (κ2) is 10.0. The molecule has 164 valence electrons. The molecule has 9 nitrogen and oxygen atoms in total. The van der Waals surface area contributed by atoms with E-state index in [1.54, 1.807) is 12.1 Å². The number of sulfonamides is 1. The predicted octanol–water partition coefficient (Wildman–Crippen LogP) is 1.82. The Labute approximate surface area is 176 Å². The van der Waals surface area contributed by atoms with E-state index >= 15 is 0 Å². The summed E-state index contributed by atoms with van der Waals surface area (Å²) in [7, 11) is -6.01. The second-order valence-electron chi connectivity index (χ2n) is 6.47. The minimum atomic E-state index is -3.84. The molecule has 0 radical (unpaired) electrons. The van der Waals surface area contributed by atoms with Gasteiger partial charge in [0.15, 0.2) is 0 Å². The molecular formula is C19H24N2O7S2. The van der Waals surface area contributed by atoms with Crippen LogP contribution in [-0.4, -0.2) is 53.6 Å². The molecule has 1 N–H and O–H groups in total. The van der Waals surface area contributed by atoms with Gasteiger partial charge in [0.1, 0.15) is 5.75 Å². The molecule has 0 fully saturated rings. The molecule has 2 aromatic carbocycles. The summed E-state index contributed by atoms with van der Waals surface area (Å²) >= 11 is 0. The third kappa shape index (κ3) is 7.10. The van der Waals surface area contributed by atoms with E-state index in [0.717, 1.165) is 6.26 Å². The topological polar surface area (TPSA) is 119 Å². The second-order valence-corrected chi connectivity index (χ2v) is 9.98. The van der Waals surface area contributed by atoms with Gasteiger partial charge in [0.05, 0.1) is 17.8 Å². The highest BCUT2D eigenvalue weighted by Crippen LogP contribution is 2.22. The summed E-state index contributed by atoms with van der Waals surface area (Å²) < 4.78 is 59.7. The molecule has 0 heterocycles. The SMILES string of the molecule is COCCN(Cc1ccc(OS(C)(=O)=O)cc1)S(=O)(=O)c1ccc(NC(C)=O)cc1. The molecule has 0 aromatic heterocycles. The average molecular weight is 457 g/mol. The first-order valence-electron chi connectivity index (χ1n) is 8.86. The quantitative estimate of drug-likeness (QED) is 0.542. The van der Waals surface area contributed by atoms with Crippen molar-refractivity contribution in [2.45, 2.75) is 18.4 Å². The number of carbonyl (C=O) groups excluding carboxylic acids is 1. The zero-order valence-corrected chi connectivity index (χ0v) is 18.5. The molecule has 1 amide bonds. The lowest BCUT2D eigenvalue weighted by Crippen LogP contribution is -2.33. The molecule has 2 rings (SSSR count). The van der Waals surface area contributed by atoms with Crippen LogP contribution in [0.5, 0.6) is 5.75 Å². The molecule has 0 bridgehead atoms. The zero-order chi connectivity index (χ0) is 22.4. The standard InChI is InChI=1S/C19H24N2O7S2/c1-15(22)20-17-6-10-19(11-7-17)30(25,26)21(12-13-27-2)14-16-4-8-18(9-5-16)28-29(3,23)24/h4-11H,12-14H2,1-3H3,(H,20,22). The van der Waals surface area contributed by atoms with E-state index in [2.05, 4.69) is 5.32 Å². The van der Waals surface area contributed by atoms with E-state index in [1.807, 2.05) is 0 Å². The summed E-state index contributed by atoms with van der Waals surface area (Å²) in [6.07, 6.45) is 0.942. The number of nitrogens with one attached hydrogen (secondary N) is 1. The van der Waals surface area contributed by atoms with Gasteiger partial charge in [0, 0.05) is 32.8 Å². The van der Waals surface area contributed by atoms with E-state index < -0.39 is 20.1 Å². The fraction of sp³-hybridized carbons (Fsp3) is 0.316. The van der Waals surface area contributed by atoms with Crippen LogP contribution in [0.3, 0.4) is 0 Å². The normalized spacial score (nSPS) is 12.0. The molecule has 0 aliphatic rings. The number of anilines is 1. The zero-order valence-electron chi connectivity index (χ0n) is 16.9. The first-order chi connectivity index (χ1) is 14.0. The number of hydrogen-bond donors (Lipinski definition) is 1. The molecule has 0 aliphatic heterocycles. The number of ether oxygens (including phenoxy) is 1. The average Bonchev–Trinajstić information content (AvgIpc) is 2.65. The molecule has 2 aromatic rings. The number of hydrogen-bond acceptors (Lipinski definition) is 7. The fourth-order valence-electron chi connectivity index (χ4n) is 2.57. The van der Waals surface area contributed by atoms with Crippen LogP contribution < -0.4 is 9.50 Å². The number of benzene rings is 2. The van der Waals surface area contributed by atoms with Crippen molar-refractivity contribution < 1.29 is 30.6 Å². The molecule has 0 aliphatic carbocycles. The number of carbonyl (C=O) groups is 1. The summed E-state index contributed by atoms with van der Waals surface area (Å²) in [5.41, 5.74) is 1.14. The summed E-state index contributed by atoms with van der Waals surface area (Å²) in [4.78, 5) is 11.2. The molecule has 11 heteroatoms. The van der Waals surface area contributed by atoms with Crippen LogP contribution in [0.25, 0.3) is 0 Å². The van der Waals surface area contributed by atoms with Gasteiger partial charge < -0.3 is 14.2 Å². The van der Waals surface area contributed by atoms with Gasteiger partial charge in [0.2, 0.25) is 15.9 Å². The molecule has 0 saturated carbocycles. The number of nitrogens with zero attached hydrogens (tertiary/aromatic N) is 1. The van der Waals surface area contributed by atoms with Crippen molar-refractivity contribution in [3.8, 4) is 5.75 Å². The molecule has 0 atom stereocenters. The minimum Gasteiger partial charge on any atom is -0.383 e. The Morgan fingerprint density at radius 1 is 1.00 bits per heavy atom. The van der Waals surface area contributed by atoms with Crippen LogP contribution in [0.15, 0.2) is 53.4 Å². The van der Waals surface area contributed by atoms with E-state index in [9.17, 15) is 21.6 Å². The van der Waals surface area contributed by atoms with Crippen LogP contribution in [-0.2, 0) is 36.2 Å². The van der Waals surface area contributed by atoms with E-state index in [0.29, 0.717) is 11.3 Å². The van der Waals surface area contributed by atoms with E-state index in [1.165, 1.54) is 54.7 Å². The van der Waals surface area contributed by atoms with Gasteiger partial charge in [-0.1, -0.05) is 12.1 Å². The van der Waals surface area contributed by atoms with Gasteiger partial charge in [-0.05, 0) is 42.0 Å². The monoisotopic (exact) mass is 456 g/mol. The Hall–Kier alpha value is -2.47. The lowest BCUT2D eigenvalue weighted by Gasteiger charge is -2.22. The molecule has 0 unspecified atom stereocenters. The maximum Gasteiger partial charge on any atom is 0.306 e. The summed E-state index contributed by atoms with van der Waals surface area (Å²) in [5, 5.41) is 2.59. The Bertz CT molecular complexity index is 1060. The van der Waals surface area contributed by atoms with Crippen molar-refractivity contribution in [1.82, 2.24) is 4.31 Å².